The summed E-state index contributed by atoms with van der Waals surface area (Å²) in [6, 6.07) is 9.54. The van der Waals surface area contributed by atoms with Crippen LogP contribution in [0.4, 0.5) is 0 Å². The molecule has 66 valence electrons. The van der Waals surface area contributed by atoms with Gasteiger partial charge in [0.05, 0.1) is 5.38 Å². The predicted octanol–water partition coefficient (Wildman–Crippen LogP) is 2.91. The van der Waals surface area contributed by atoms with Crippen LogP contribution in [-0.2, 0) is 0 Å². The Morgan fingerprint density at radius 1 is 1.25 bits per heavy atom. The van der Waals surface area contributed by atoms with Crippen LogP contribution in [0.1, 0.15) is 0 Å². The van der Waals surface area contributed by atoms with Crippen LogP contribution >= 0.6 is 23.2 Å². The topological polar surface area (TPSA) is 9.23 Å². The highest BCUT2D eigenvalue weighted by Gasteiger charge is 2.02. The van der Waals surface area contributed by atoms with Crippen molar-refractivity contribution < 1.29 is 4.74 Å². The van der Waals surface area contributed by atoms with Gasteiger partial charge in [-0.2, -0.15) is 0 Å². The van der Waals surface area contributed by atoms with Gasteiger partial charge in [-0.05, 0) is 12.1 Å². The summed E-state index contributed by atoms with van der Waals surface area (Å²) < 4.78 is 5.34. The fourth-order valence-electron chi connectivity index (χ4n) is 0.748. The summed E-state index contributed by atoms with van der Waals surface area (Å²) in [6.45, 7) is 0.453. The minimum Gasteiger partial charge on any atom is -0.492 e. The van der Waals surface area contributed by atoms with Crippen molar-refractivity contribution in [3.63, 3.8) is 0 Å². The molecular weight excluding hydrogens is 195 g/mol. The number of halogens is 2. The summed E-state index contributed by atoms with van der Waals surface area (Å²) in [5, 5.41) is -0.119. The van der Waals surface area contributed by atoms with E-state index in [2.05, 4.69) is 0 Å². The first kappa shape index (κ1) is 9.69. The van der Waals surface area contributed by atoms with Crippen molar-refractivity contribution in [2.75, 3.05) is 12.5 Å². The first-order valence-corrected chi connectivity index (χ1v) is 4.68. The van der Waals surface area contributed by atoms with E-state index in [1.165, 1.54) is 0 Å². The van der Waals surface area contributed by atoms with Crippen molar-refractivity contribution in [2.45, 2.75) is 5.38 Å². The highest BCUT2D eigenvalue weighted by Crippen LogP contribution is 2.10. The van der Waals surface area contributed by atoms with E-state index < -0.39 is 0 Å². The van der Waals surface area contributed by atoms with E-state index in [1.54, 1.807) is 0 Å². The van der Waals surface area contributed by atoms with Crippen LogP contribution in [0.25, 0.3) is 0 Å². The summed E-state index contributed by atoms with van der Waals surface area (Å²) in [7, 11) is 0. The van der Waals surface area contributed by atoms with Crippen LogP contribution in [-0.4, -0.2) is 17.9 Å². The van der Waals surface area contributed by atoms with Crippen molar-refractivity contribution in [2.24, 2.45) is 0 Å². The zero-order chi connectivity index (χ0) is 8.81. The van der Waals surface area contributed by atoms with Gasteiger partial charge in [-0.15, -0.1) is 23.2 Å². The van der Waals surface area contributed by atoms with Crippen molar-refractivity contribution in [3.05, 3.63) is 30.3 Å². The lowest BCUT2D eigenvalue weighted by Crippen LogP contribution is -2.12. The van der Waals surface area contributed by atoms with Crippen LogP contribution < -0.4 is 4.74 Å². The molecule has 12 heavy (non-hydrogen) atoms. The van der Waals surface area contributed by atoms with Crippen LogP contribution in [0.3, 0.4) is 0 Å². The van der Waals surface area contributed by atoms with E-state index in [1.807, 2.05) is 30.3 Å². The molecule has 0 aromatic heterocycles. The zero-order valence-corrected chi connectivity index (χ0v) is 8.05. The molecule has 0 aliphatic carbocycles. The molecule has 0 N–H and O–H groups in total. The molecule has 0 saturated carbocycles. The molecule has 0 heterocycles. The molecule has 1 aromatic carbocycles. The molecule has 1 rings (SSSR count). The molecular formula is C9H10Cl2O. The molecule has 0 fully saturated rings. The van der Waals surface area contributed by atoms with Gasteiger partial charge < -0.3 is 4.74 Å². The second-order valence-electron chi connectivity index (χ2n) is 2.38. The zero-order valence-electron chi connectivity index (χ0n) is 6.54. The monoisotopic (exact) mass is 204 g/mol. The van der Waals surface area contributed by atoms with E-state index in [0.29, 0.717) is 12.5 Å². The van der Waals surface area contributed by atoms with Crippen LogP contribution in [0.2, 0.25) is 0 Å². The highest BCUT2D eigenvalue weighted by molar-refractivity contribution is 6.28. The summed E-state index contributed by atoms with van der Waals surface area (Å²) >= 11 is 11.3. The fraction of sp³-hybridized carbons (Fsp3) is 0.333. The molecule has 0 aliphatic rings. The normalized spacial score (nSPS) is 12.5. The van der Waals surface area contributed by atoms with Crippen molar-refractivity contribution in [3.8, 4) is 5.75 Å². The van der Waals surface area contributed by atoms with Crippen LogP contribution in [0.5, 0.6) is 5.75 Å². The Morgan fingerprint density at radius 2 is 1.92 bits per heavy atom. The predicted molar refractivity (Wildman–Crippen MR) is 52.3 cm³/mol. The maximum atomic E-state index is 5.76. The molecule has 0 amide bonds. The standard InChI is InChI=1S/C9H10Cl2O/c10-6-8(11)7-12-9-4-2-1-3-5-9/h1-5,8H,6-7H2. The Morgan fingerprint density at radius 3 is 2.50 bits per heavy atom. The van der Waals surface area contributed by atoms with Crippen molar-refractivity contribution in [1.29, 1.82) is 0 Å². The molecule has 0 saturated heterocycles. The first-order valence-electron chi connectivity index (χ1n) is 3.71. The van der Waals surface area contributed by atoms with Gasteiger partial charge in [0.2, 0.25) is 0 Å². The molecule has 0 spiro atoms. The summed E-state index contributed by atoms with van der Waals surface area (Å²) in [6.07, 6.45) is 0. The largest absolute Gasteiger partial charge is 0.492 e. The molecule has 1 unspecified atom stereocenters. The van der Waals surface area contributed by atoms with Crippen molar-refractivity contribution >= 4 is 23.2 Å². The van der Waals surface area contributed by atoms with Gasteiger partial charge in [0.15, 0.2) is 0 Å². The summed E-state index contributed by atoms with van der Waals surface area (Å²) in [5.74, 6) is 1.24. The van der Waals surface area contributed by atoms with E-state index in [0.717, 1.165) is 5.75 Å². The van der Waals surface area contributed by atoms with E-state index in [-0.39, 0.29) is 5.38 Å². The van der Waals surface area contributed by atoms with Crippen LogP contribution in [0, 0.1) is 0 Å². The average molecular weight is 205 g/mol. The second kappa shape index (κ2) is 5.28. The Kier molecular flexibility index (Phi) is 4.26. The van der Waals surface area contributed by atoms with E-state index in [4.69, 9.17) is 27.9 Å². The molecule has 0 bridgehead atoms. The Labute approximate surface area is 82.2 Å². The molecule has 0 aliphatic heterocycles. The Hall–Kier alpha value is -0.400. The van der Waals surface area contributed by atoms with Crippen LogP contribution in [0.15, 0.2) is 30.3 Å². The summed E-state index contributed by atoms with van der Waals surface area (Å²) in [5.41, 5.74) is 0. The lowest BCUT2D eigenvalue weighted by atomic mass is 10.3. The van der Waals surface area contributed by atoms with Gasteiger partial charge in [-0.1, -0.05) is 18.2 Å². The molecule has 1 atom stereocenters. The number of alkyl halides is 2. The third kappa shape index (κ3) is 3.33. The number of ether oxygens (including phenoxy) is 1. The highest BCUT2D eigenvalue weighted by atomic mass is 35.5. The van der Waals surface area contributed by atoms with E-state index in [9.17, 15) is 0 Å². The number of para-hydroxylation sites is 1. The number of rotatable bonds is 4. The lowest BCUT2D eigenvalue weighted by Gasteiger charge is -2.07. The summed E-state index contributed by atoms with van der Waals surface area (Å²) in [4.78, 5) is 0. The fourth-order valence-corrected chi connectivity index (χ4v) is 0.900. The minimum absolute atomic E-state index is 0.119. The van der Waals surface area contributed by atoms with Gasteiger partial charge in [0.1, 0.15) is 12.4 Å². The average Bonchev–Trinajstić information content (AvgIpc) is 2.16. The second-order valence-corrected chi connectivity index (χ2v) is 3.30. The van der Waals surface area contributed by atoms with Gasteiger partial charge in [-0.3, -0.25) is 0 Å². The quantitative estimate of drug-likeness (QED) is 0.686. The minimum atomic E-state index is -0.119. The maximum Gasteiger partial charge on any atom is 0.119 e. The first-order chi connectivity index (χ1) is 5.83. The maximum absolute atomic E-state index is 5.76. The molecule has 0 radical (unpaired) electrons. The van der Waals surface area contributed by atoms with E-state index >= 15 is 0 Å². The number of hydrogen-bond donors (Lipinski definition) is 0. The Bertz CT molecular complexity index is 213. The van der Waals surface area contributed by atoms with Crippen molar-refractivity contribution in [1.82, 2.24) is 0 Å². The SMILES string of the molecule is ClCC(Cl)COc1ccccc1. The van der Waals surface area contributed by atoms with Gasteiger partial charge >= 0.3 is 0 Å². The smallest absolute Gasteiger partial charge is 0.119 e. The molecule has 3 heteroatoms. The van der Waals surface area contributed by atoms with Gasteiger partial charge in [0, 0.05) is 5.88 Å². The van der Waals surface area contributed by atoms with Gasteiger partial charge in [-0.25, -0.2) is 0 Å². The Balaban J connectivity index is 2.33. The third-order valence-corrected chi connectivity index (χ3v) is 2.15. The number of benzene rings is 1. The molecule has 1 aromatic rings. The van der Waals surface area contributed by atoms with Gasteiger partial charge in [0.25, 0.3) is 0 Å². The number of hydrogen-bond acceptors (Lipinski definition) is 1. The lowest BCUT2D eigenvalue weighted by molar-refractivity contribution is 0.321. The molecule has 1 nitrogen and oxygen atoms in total. The third-order valence-electron chi connectivity index (χ3n) is 1.34.